The minimum Gasteiger partial charge on any atom is -0.476 e. The maximum Gasteiger partial charge on any atom is 0.410 e. The summed E-state index contributed by atoms with van der Waals surface area (Å²) in [5, 5.41) is 9.59. The number of aromatic carboxylic acids is 1. The maximum absolute atomic E-state index is 14.3. The molecule has 180 valence electrons. The molecule has 2 heterocycles. The fourth-order valence-corrected chi connectivity index (χ4v) is 3.65. The molecule has 1 aliphatic rings. The zero-order valence-corrected chi connectivity index (χ0v) is 18.2. The highest BCUT2D eigenvalue weighted by Gasteiger charge is 2.40. The molecule has 0 unspecified atom stereocenters. The van der Waals surface area contributed by atoms with E-state index >= 15 is 0 Å². The summed E-state index contributed by atoms with van der Waals surface area (Å²) in [7, 11) is 0. The van der Waals surface area contributed by atoms with Crippen molar-refractivity contribution in [1.82, 2.24) is 14.9 Å². The van der Waals surface area contributed by atoms with Gasteiger partial charge in [0.1, 0.15) is 18.6 Å². The number of amides is 1. The Kier molecular flexibility index (Phi) is 6.86. The topological polar surface area (TPSA) is 139 Å². The minimum atomic E-state index is -1.64. The number of alkyl halides is 1. The zero-order chi connectivity index (χ0) is 24.9. The monoisotopic (exact) mass is 481 g/mol. The first-order valence-electron chi connectivity index (χ1n) is 10.6. The highest BCUT2D eigenvalue weighted by molar-refractivity contribution is 5.94. The van der Waals surface area contributed by atoms with E-state index in [1.54, 1.807) is 48.5 Å². The Morgan fingerprint density at radius 1 is 1.09 bits per heavy atom. The Bertz CT molecular complexity index is 1300. The molecule has 0 aliphatic carbocycles. The zero-order valence-electron chi connectivity index (χ0n) is 18.2. The van der Waals surface area contributed by atoms with E-state index in [1.807, 2.05) is 0 Å². The number of benzene rings is 2. The smallest absolute Gasteiger partial charge is 0.410 e. The molecule has 3 aromatic rings. The number of aromatic amines is 1. The van der Waals surface area contributed by atoms with Crippen molar-refractivity contribution >= 4 is 18.0 Å². The Labute approximate surface area is 197 Å². The third-order valence-corrected chi connectivity index (χ3v) is 5.31. The van der Waals surface area contributed by atoms with Gasteiger partial charge in [0.15, 0.2) is 5.69 Å². The number of nitrogens with zero attached hydrogens (tertiary/aromatic N) is 2. The van der Waals surface area contributed by atoms with Gasteiger partial charge in [-0.15, -0.1) is 0 Å². The van der Waals surface area contributed by atoms with Gasteiger partial charge in [-0.05, 0) is 17.7 Å². The predicted molar refractivity (Wildman–Crippen MR) is 119 cm³/mol. The molecule has 4 rings (SSSR count). The molecule has 2 aromatic carbocycles. The number of nitrogens with one attached hydrogen (secondary N) is 1. The lowest BCUT2D eigenvalue weighted by Gasteiger charge is -2.23. The van der Waals surface area contributed by atoms with E-state index in [1.165, 1.54) is 12.1 Å². The van der Waals surface area contributed by atoms with E-state index in [4.69, 9.17) is 9.47 Å². The van der Waals surface area contributed by atoms with Crippen molar-refractivity contribution < 1.29 is 33.4 Å². The maximum atomic E-state index is 14.3. The number of carbonyl (C=O) groups is 3. The van der Waals surface area contributed by atoms with Crippen molar-refractivity contribution in [3.63, 3.8) is 0 Å². The first-order valence-corrected chi connectivity index (χ1v) is 10.6. The molecule has 2 N–H and O–H groups in total. The molecule has 0 saturated carbocycles. The Balaban J connectivity index is 1.59. The number of H-pyrrole nitrogens is 1. The Morgan fingerprint density at radius 3 is 2.40 bits per heavy atom. The molecule has 35 heavy (non-hydrogen) atoms. The standard InChI is InChI=1S/C24H20FN3O7/c25-16-11-17(28(12-16)24(33)34-13-14-7-3-1-4-8-14)20-26-18(22(30)31)19(21(29)27-20)35-23(32)15-9-5-2-6-10-15/h1-10,16-17H,11-13H2,(H,30,31)(H,26,27,29)/t16-,17-/m0/s1. The highest BCUT2D eigenvalue weighted by atomic mass is 19.1. The van der Waals surface area contributed by atoms with Crippen molar-refractivity contribution in [3.8, 4) is 5.75 Å². The molecular weight excluding hydrogens is 461 g/mol. The van der Waals surface area contributed by atoms with Gasteiger partial charge in [-0.1, -0.05) is 48.5 Å². The number of halogens is 1. The average Bonchev–Trinajstić information content (AvgIpc) is 3.26. The van der Waals surface area contributed by atoms with Crippen LogP contribution in [0.5, 0.6) is 5.75 Å². The van der Waals surface area contributed by atoms with E-state index in [9.17, 15) is 28.7 Å². The van der Waals surface area contributed by atoms with Gasteiger partial charge in [0.25, 0.3) is 5.56 Å². The molecule has 10 nitrogen and oxygen atoms in total. The van der Waals surface area contributed by atoms with Gasteiger partial charge in [0.05, 0.1) is 18.2 Å². The second-order valence-corrected chi connectivity index (χ2v) is 7.73. The van der Waals surface area contributed by atoms with Crippen LogP contribution in [0.3, 0.4) is 0 Å². The molecule has 0 spiro atoms. The summed E-state index contributed by atoms with van der Waals surface area (Å²) in [5.41, 5.74) is -1.09. The normalized spacial score (nSPS) is 17.1. The van der Waals surface area contributed by atoms with Gasteiger partial charge in [-0.25, -0.2) is 23.8 Å². The number of carbonyl (C=O) groups excluding carboxylic acids is 2. The van der Waals surface area contributed by atoms with Crippen molar-refractivity contribution in [3.05, 3.63) is 93.7 Å². The molecule has 2 atom stereocenters. The first-order chi connectivity index (χ1) is 16.8. The highest BCUT2D eigenvalue weighted by Crippen LogP contribution is 2.33. The van der Waals surface area contributed by atoms with Crippen molar-refractivity contribution in [2.45, 2.75) is 25.2 Å². The first kappa shape index (κ1) is 23.6. The van der Waals surface area contributed by atoms with Gasteiger partial charge in [0, 0.05) is 6.42 Å². The van der Waals surface area contributed by atoms with Crippen LogP contribution in [0.2, 0.25) is 0 Å². The second kappa shape index (κ2) is 10.2. The number of hydrogen-bond acceptors (Lipinski definition) is 7. The van der Waals surface area contributed by atoms with E-state index in [-0.39, 0.29) is 31.0 Å². The fraction of sp³-hybridized carbons (Fsp3) is 0.208. The van der Waals surface area contributed by atoms with Crippen LogP contribution in [-0.4, -0.2) is 50.7 Å². The van der Waals surface area contributed by atoms with Crippen LogP contribution >= 0.6 is 0 Å². The number of aromatic nitrogens is 2. The van der Waals surface area contributed by atoms with Crippen molar-refractivity contribution in [2.75, 3.05) is 6.54 Å². The molecule has 11 heteroatoms. The second-order valence-electron chi connectivity index (χ2n) is 7.73. The molecule has 1 amide bonds. The number of esters is 1. The summed E-state index contributed by atoms with van der Waals surface area (Å²) in [5.74, 6) is -3.67. The number of likely N-dealkylation sites (tertiary alicyclic amines) is 1. The summed E-state index contributed by atoms with van der Waals surface area (Å²) in [6.07, 6.45) is -2.53. The fourth-order valence-electron chi connectivity index (χ4n) is 3.65. The van der Waals surface area contributed by atoms with Crippen molar-refractivity contribution in [2.24, 2.45) is 0 Å². The van der Waals surface area contributed by atoms with Gasteiger partial charge in [-0.2, -0.15) is 0 Å². The minimum absolute atomic E-state index is 0.0570. The van der Waals surface area contributed by atoms with E-state index in [0.717, 1.165) is 10.5 Å². The molecule has 0 radical (unpaired) electrons. The van der Waals surface area contributed by atoms with Crippen LogP contribution in [0.25, 0.3) is 0 Å². The van der Waals surface area contributed by atoms with Crippen molar-refractivity contribution in [1.29, 1.82) is 0 Å². The number of hydrogen-bond donors (Lipinski definition) is 2. The Hall–Kier alpha value is -4.54. The third-order valence-electron chi connectivity index (χ3n) is 5.31. The third kappa shape index (κ3) is 5.35. The number of carboxylic acid groups (broad SMARTS) is 1. The summed E-state index contributed by atoms with van der Waals surface area (Å²) >= 11 is 0. The quantitative estimate of drug-likeness (QED) is 0.512. The van der Waals surface area contributed by atoms with E-state index in [0.29, 0.717) is 0 Å². The molecule has 1 aromatic heterocycles. The molecule has 1 saturated heterocycles. The number of rotatable bonds is 6. The Morgan fingerprint density at radius 2 is 1.74 bits per heavy atom. The van der Waals surface area contributed by atoms with Gasteiger partial charge < -0.3 is 19.6 Å². The molecule has 1 fully saturated rings. The van der Waals surface area contributed by atoms with Crippen LogP contribution in [0, 0.1) is 0 Å². The lowest BCUT2D eigenvalue weighted by atomic mass is 10.2. The summed E-state index contributed by atoms with van der Waals surface area (Å²) < 4.78 is 24.6. The summed E-state index contributed by atoms with van der Waals surface area (Å²) in [4.78, 5) is 56.8. The summed E-state index contributed by atoms with van der Waals surface area (Å²) in [6, 6.07) is 15.4. The number of ether oxygens (including phenoxy) is 2. The van der Waals surface area contributed by atoms with E-state index < -0.39 is 47.2 Å². The van der Waals surface area contributed by atoms with Crippen LogP contribution in [-0.2, 0) is 11.3 Å². The predicted octanol–water partition coefficient (Wildman–Crippen LogP) is 3.11. The van der Waals surface area contributed by atoms with Crippen LogP contribution in [0.15, 0.2) is 65.5 Å². The average molecular weight is 481 g/mol. The number of carboxylic acids is 1. The summed E-state index contributed by atoms with van der Waals surface area (Å²) in [6.45, 7) is -0.381. The lowest BCUT2D eigenvalue weighted by molar-refractivity contribution is 0.0671. The molecule has 1 aliphatic heterocycles. The van der Waals surface area contributed by atoms with Gasteiger partial charge >= 0.3 is 18.0 Å². The van der Waals surface area contributed by atoms with Gasteiger partial charge in [0.2, 0.25) is 5.75 Å². The van der Waals surface area contributed by atoms with Gasteiger partial charge in [-0.3, -0.25) is 9.69 Å². The van der Waals surface area contributed by atoms with Crippen LogP contribution in [0.1, 0.15) is 44.7 Å². The van der Waals surface area contributed by atoms with Crippen LogP contribution < -0.4 is 10.3 Å². The SMILES string of the molecule is O=C(Oc1c(C(=O)O)nc([C@@H]2C[C@H](F)CN2C(=O)OCc2ccccc2)[nH]c1=O)c1ccccc1. The lowest BCUT2D eigenvalue weighted by Crippen LogP contribution is -2.34. The van der Waals surface area contributed by atoms with E-state index in [2.05, 4.69) is 9.97 Å². The van der Waals surface area contributed by atoms with Crippen LogP contribution in [0.4, 0.5) is 9.18 Å². The molecular formula is C24H20FN3O7. The largest absolute Gasteiger partial charge is 0.476 e. The molecule has 0 bridgehead atoms.